The van der Waals surface area contributed by atoms with Crippen LogP contribution in [0.2, 0.25) is 0 Å². The summed E-state index contributed by atoms with van der Waals surface area (Å²) >= 11 is 0. The Balaban J connectivity index is 0.000000364. The molecule has 0 spiro atoms. The summed E-state index contributed by atoms with van der Waals surface area (Å²) in [5.41, 5.74) is 0.582. The second-order valence-corrected chi connectivity index (χ2v) is 2.16. The molecule has 0 heterocycles. The second kappa shape index (κ2) is 5.69. The third-order valence-electron chi connectivity index (χ3n) is 1.18. The Hall–Kier alpha value is -1.91. The fraction of sp³-hybridized carbons (Fsp3) is 0. The Morgan fingerprint density at radius 2 is 1.79 bits per heavy atom. The minimum Gasteiger partial charge on any atom is -0.450 e. The fourth-order valence-electron chi connectivity index (χ4n) is 0.639. The Labute approximate surface area is 78.9 Å². The summed E-state index contributed by atoms with van der Waals surface area (Å²) in [6.45, 7) is 3.41. The van der Waals surface area contributed by atoms with Crippen LogP contribution in [0.1, 0.15) is 5.56 Å². The summed E-state index contributed by atoms with van der Waals surface area (Å²) in [6, 6.07) is 3.64. The van der Waals surface area contributed by atoms with Crippen LogP contribution in [0.15, 0.2) is 24.8 Å². The van der Waals surface area contributed by atoms with Crippen molar-refractivity contribution < 1.29 is 23.8 Å². The largest absolute Gasteiger partial charge is 0.503 e. The maximum absolute atomic E-state index is 12.3. The topological polar surface area (TPSA) is 57.5 Å². The molecule has 76 valence electrons. The van der Waals surface area contributed by atoms with Crippen molar-refractivity contribution in [2.45, 2.75) is 0 Å². The van der Waals surface area contributed by atoms with Gasteiger partial charge in [0.25, 0.3) is 0 Å². The summed E-state index contributed by atoms with van der Waals surface area (Å²) in [6.07, 6.45) is -0.372. The first-order valence-corrected chi connectivity index (χ1v) is 3.46. The lowest BCUT2D eigenvalue weighted by Crippen LogP contribution is -1.82. The predicted molar refractivity (Wildman–Crippen MR) is 47.1 cm³/mol. The van der Waals surface area contributed by atoms with Crippen LogP contribution >= 0.6 is 0 Å². The van der Waals surface area contributed by atoms with Crippen LogP contribution in [0.3, 0.4) is 0 Å². The maximum atomic E-state index is 12.3. The SMILES string of the molecule is C=Cc1ccc(F)c(F)c1.O=C(O)O. The monoisotopic (exact) mass is 202 g/mol. The maximum Gasteiger partial charge on any atom is 0.503 e. The highest BCUT2D eigenvalue weighted by Gasteiger charge is 1.98. The molecule has 0 bridgehead atoms. The van der Waals surface area contributed by atoms with E-state index < -0.39 is 17.8 Å². The van der Waals surface area contributed by atoms with Crippen LogP contribution < -0.4 is 0 Å². The Morgan fingerprint density at radius 3 is 2.14 bits per heavy atom. The molecule has 0 atom stereocenters. The molecule has 1 rings (SSSR count). The smallest absolute Gasteiger partial charge is 0.450 e. The van der Waals surface area contributed by atoms with Gasteiger partial charge in [0.15, 0.2) is 11.6 Å². The molecule has 2 N–H and O–H groups in total. The number of hydrogen-bond donors (Lipinski definition) is 2. The predicted octanol–water partition coefficient (Wildman–Crippen LogP) is 2.83. The Bertz CT molecular complexity index is 333. The molecule has 3 nitrogen and oxygen atoms in total. The zero-order valence-corrected chi connectivity index (χ0v) is 7.08. The first-order chi connectivity index (χ1) is 6.47. The van der Waals surface area contributed by atoms with Gasteiger partial charge < -0.3 is 10.2 Å². The molecular formula is C9H8F2O3. The van der Waals surface area contributed by atoms with E-state index in [2.05, 4.69) is 6.58 Å². The molecule has 5 heteroatoms. The van der Waals surface area contributed by atoms with Gasteiger partial charge in [-0.1, -0.05) is 18.7 Å². The second-order valence-electron chi connectivity index (χ2n) is 2.16. The highest BCUT2D eigenvalue weighted by atomic mass is 19.2. The molecule has 0 saturated heterocycles. The summed E-state index contributed by atoms with van der Waals surface area (Å²) in [5, 5.41) is 13.9. The zero-order valence-electron chi connectivity index (χ0n) is 7.08. The van der Waals surface area contributed by atoms with Gasteiger partial charge in [0.1, 0.15) is 0 Å². The number of halogens is 2. The normalized spacial score (nSPS) is 8.43. The van der Waals surface area contributed by atoms with Gasteiger partial charge in [-0.3, -0.25) is 0 Å². The zero-order chi connectivity index (χ0) is 11.1. The van der Waals surface area contributed by atoms with Crippen molar-refractivity contribution in [2.75, 3.05) is 0 Å². The molecule has 0 aromatic heterocycles. The van der Waals surface area contributed by atoms with Gasteiger partial charge in [-0.25, -0.2) is 13.6 Å². The van der Waals surface area contributed by atoms with Gasteiger partial charge in [0.2, 0.25) is 0 Å². The molecule has 0 amide bonds. The van der Waals surface area contributed by atoms with E-state index in [1.54, 1.807) is 0 Å². The summed E-state index contributed by atoms with van der Waals surface area (Å²) in [5.74, 6) is -1.66. The van der Waals surface area contributed by atoms with Gasteiger partial charge in [-0.05, 0) is 17.7 Å². The molecule has 1 aromatic rings. The lowest BCUT2D eigenvalue weighted by atomic mass is 10.2. The van der Waals surface area contributed by atoms with Gasteiger partial charge in [0, 0.05) is 0 Å². The van der Waals surface area contributed by atoms with Crippen molar-refractivity contribution in [2.24, 2.45) is 0 Å². The molecular weight excluding hydrogens is 194 g/mol. The van der Waals surface area contributed by atoms with Crippen molar-refractivity contribution in [3.05, 3.63) is 42.0 Å². The van der Waals surface area contributed by atoms with E-state index in [1.165, 1.54) is 12.1 Å². The van der Waals surface area contributed by atoms with E-state index in [1.807, 2.05) is 0 Å². The number of rotatable bonds is 1. The van der Waals surface area contributed by atoms with Crippen LogP contribution in [0.25, 0.3) is 6.08 Å². The van der Waals surface area contributed by atoms with E-state index >= 15 is 0 Å². The van der Waals surface area contributed by atoms with E-state index in [0.29, 0.717) is 5.56 Å². The highest BCUT2D eigenvalue weighted by Crippen LogP contribution is 2.08. The van der Waals surface area contributed by atoms with E-state index in [0.717, 1.165) is 12.1 Å². The molecule has 0 aliphatic carbocycles. The summed E-state index contributed by atoms with van der Waals surface area (Å²) in [4.78, 5) is 8.56. The third-order valence-corrected chi connectivity index (χ3v) is 1.18. The van der Waals surface area contributed by atoms with Gasteiger partial charge in [-0.15, -0.1) is 0 Å². The summed E-state index contributed by atoms with van der Waals surface area (Å²) in [7, 11) is 0. The van der Waals surface area contributed by atoms with Crippen LogP contribution in [-0.2, 0) is 0 Å². The standard InChI is InChI=1S/C8H6F2.CH2O3/c1-2-6-3-4-7(9)8(10)5-6;2-1(3)4/h2-5H,1H2;(H2,2,3,4). The Kier molecular flexibility index (Phi) is 4.91. The van der Waals surface area contributed by atoms with Crippen molar-refractivity contribution >= 4 is 12.2 Å². The van der Waals surface area contributed by atoms with Gasteiger partial charge in [-0.2, -0.15) is 0 Å². The first kappa shape index (κ1) is 12.1. The van der Waals surface area contributed by atoms with Crippen LogP contribution in [0.4, 0.5) is 13.6 Å². The van der Waals surface area contributed by atoms with Crippen molar-refractivity contribution in [1.82, 2.24) is 0 Å². The van der Waals surface area contributed by atoms with Crippen LogP contribution in [0, 0.1) is 11.6 Å². The lowest BCUT2D eigenvalue weighted by molar-refractivity contribution is 0.137. The van der Waals surface area contributed by atoms with Crippen molar-refractivity contribution in [3.63, 3.8) is 0 Å². The molecule has 14 heavy (non-hydrogen) atoms. The molecule has 0 saturated carbocycles. The van der Waals surface area contributed by atoms with E-state index in [9.17, 15) is 8.78 Å². The third kappa shape index (κ3) is 4.87. The molecule has 0 fully saturated rings. The average Bonchev–Trinajstić information content (AvgIpc) is 2.09. The van der Waals surface area contributed by atoms with Crippen LogP contribution in [0.5, 0.6) is 0 Å². The first-order valence-electron chi connectivity index (χ1n) is 3.46. The lowest BCUT2D eigenvalue weighted by Gasteiger charge is -1.92. The number of hydrogen-bond acceptors (Lipinski definition) is 1. The molecule has 1 aromatic carbocycles. The Morgan fingerprint density at radius 1 is 1.29 bits per heavy atom. The quantitative estimate of drug-likeness (QED) is 0.736. The molecule has 0 unspecified atom stereocenters. The van der Waals surface area contributed by atoms with Crippen LogP contribution in [-0.4, -0.2) is 16.4 Å². The van der Waals surface area contributed by atoms with Crippen molar-refractivity contribution in [1.29, 1.82) is 0 Å². The van der Waals surface area contributed by atoms with E-state index in [-0.39, 0.29) is 0 Å². The fourth-order valence-corrected chi connectivity index (χ4v) is 0.639. The number of carbonyl (C=O) groups is 1. The van der Waals surface area contributed by atoms with Gasteiger partial charge in [0.05, 0.1) is 0 Å². The number of benzene rings is 1. The molecule has 0 aliphatic heterocycles. The summed E-state index contributed by atoms with van der Waals surface area (Å²) < 4.78 is 24.6. The minimum absolute atomic E-state index is 0.582. The van der Waals surface area contributed by atoms with Crippen molar-refractivity contribution in [3.8, 4) is 0 Å². The van der Waals surface area contributed by atoms with Gasteiger partial charge >= 0.3 is 6.16 Å². The van der Waals surface area contributed by atoms with E-state index in [4.69, 9.17) is 15.0 Å². The molecule has 0 radical (unpaired) electrons. The highest BCUT2D eigenvalue weighted by molar-refractivity contribution is 5.53. The molecule has 0 aliphatic rings. The average molecular weight is 202 g/mol. The number of carboxylic acid groups (broad SMARTS) is 2. The minimum atomic E-state index is -1.83.